The van der Waals surface area contributed by atoms with Gasteiger partial charge < -0.3 is 10.1 Å². The summed E-state index contributed by atoms with van der Waals surface area (Å²) in [6.07, 6.45) is 5.30. The van der Waals surface area contributed by atoms with Crippen molar-refractivity contribution in [1.29, 1.82) is 0 Å². The van der Waals surface area contributed by atoms with Gasteiger partial charge in [0.2, 0.25) is 0 Å². The summed E-state index contributed by atoms with van der Waals surface area (Å²) < 4.78 is 5.38. The molecule has 5 heteroatoms. The third-order valence-corrected chi connectivity index (χ3v) is 3.26. The zero-order valence-corrected chi connectivity index (χ0v) is 12.0. The van der Waals surface area contributed by atoms with E-state index in [1.165, 1.54) is 0 Å². The van der Waals surface area contributed by atoms with E-state index in [0.717, 1.165) is 33.7 Å². The van der Waals surface area contributed by atoms with Crippen molar-refractivity contribution >= 4 is 16.6 Å². The lowest BCUT2D eigenvalue weighted by Crippen LogP contribution is -2.04. The van der Waals surface area contributed by atoms with Crippen molar-refractivity contribution in [3.05, 3.63) is 54.2 Å². The summed E-state index contributed by atoms with van der Waals surface area (Å²) in [6, 6.07) is 7.87. The predicted octanol–water partition coefficient (Wildman–Crippen LogP) is 2.95. The van der Waals surface area contributed by atoms with E-state index in [4.69, 9.17) is 4.74 Å². The summed E-state index contributed by atoms with van der Waals surface area (Å²) in [5, 5.41) is 5.37. The van der Waals surface area contributed by atoms with Gasteiger partial charge in [-0.2, -0.15) is 0 Å². The van der Waals surface area contributed by atoms with Crippen LogP contribution in [0.2, 0.25) is 0 Å². The average Bonchev–Trinajstić information content (AvgIpc) is 2.53. The van der Waals surface area contributed by atoms with Gasteiger partial charge in [-0.05, 0) is 19.1 Å². The molecule has 0 aliphatic rings. The highest BCUT2D eigenvalue weighted by Crippen LogP contribution is 2.29. The maximum absolute atomic E-state index is 5.38. The lowest BCUT2D eigenvalue weighted by atomic mass is 10.1. The summed E-state index contributed by atoms with van der Waals surface area (Å²) >= 11 is 0. The summed E-state index contributed by atoms with van der Waals surface area (Å²) in [5.41, 5.74) is 1.79. The van der Waals surface area contributed by atoms with Crippen molar-refractivity contribution in [2.24, 2.45) is 0 Å². The van der Waals surface area contributed by atoms with Crippen molar-refractivity contribution < 1.29 is 4.74 Å². The topological polar surface area (TPSA) is 59.9 Å². The average molecular weight is 280 g/mol. The molecular formula is C16H16N4O. The van der Waals surface area contributed by atoms with Gasteiger partial charge >= 0.3 is 0 Å². The largest absolute Gasteiger partial charge is 0.496 e. The van der Waals surface area contributed by atoms with Gasteiger partial charge in [0.05, 0.1) is 31.2 Å². The van der Waals surface area contributed by atoms with Crippen LogP contribution in [0.15, 0.2) is 42.9 Å². The van der Waals surface area contributed by atoms with E-state index in [0.29, 0.717) is 6.54 Å². The fourth-order valence-corrected chi connectivity index (χ4v) is 2.18. The predicted molar refractivity (Wildman–Crippen MR) is 82.4 cm³/mol. The molecule has 2 heterocycles. The van der Waals surface area contributed by atoms with Crippen molar-refractivity contribution in [3.8, 4) is 5.75 Å². The van der Waals surface area contributed by atoms with E-state index in [1.54, 1.807) is 25.7 Å². The number of aromatic nitrogens is 3. The Bertz CT molecular complexity index is 756. The highest BCUT2D eigenvalue weighted by molar-refractivity contribution is 5.95. The molecule has 0 saturated carbocycles. The quantitative estimate of drug-likeness (QED) is 0.796. The first-order valence-corrected chi connectivity index (χ1v) is 6.71. The van der Waals surface area contributed by atoms with Crippen molar-refractivity contribution in [2.45, 2.75) is 13.5 Å². The molecule has 0 saturated heterocycles. The van der Waals surface area contributed by atoms with E-state index in [1.807, 2.05) is 31.2 Å². The molecule has 0 amide bonds. The molecule has 3 rings (SSSR count). The normalized spacial score (nSPS) is 10.6. The summed E-state index contributed by atoms with van der Waals surface area (Å²) in [5.74, 6) is 1.65. The number of pyridine rings is 1. The number of ether oxygens (including phenoxy) is 1. The maximum atomic E-state index is 5.38. The zero-order chi connectivity index (χ0) is 14.7. The Morgan fingerprint density at radius 3 is 2.71 bits per heavy atom. The van der Waals surface area contributed by atoms with Gasteiger partial charge in [-0.25, -0.2) is 4.98 Å². The molecule has 1 N–H and O–H groups in total. The fourth-order valence-electron chi connectivity index (χ4n) is 2.18. The van der Waals surface area contributed by atoms with Crippen molar-refractivity contribution in [1.82, 2.24) is 15.0 Å². The Kier molecular flexibility index (Phi) is 3.64. The summed E-state index contributed by atoms with van der Waals surface area (Å²) in [4.78, 5) is 13.0. The van der Waals surface area contributed by atoms with Crippen molar-refractivity contribution in [2.75, 3.05) is 12.4 Å². The van der Waals surface area contributed by atoms with E-state index < -0.39 is 0 Å². The van der Waals surface area contributed by atoms with Gasteiger partial charge in [-0.3, -0.25) is 9.97 Å². The summed E-state index contributed by atoms with van der Waals surface area (Å²) in [7, 11) is 1.67. The molecule has 0 bridgehead atoms. The smallest absolute Gasteiger partial charge is 0.134 e. The molecule has 106 valence electrons. The number of nitrogens with zero attached hydrogens (tertiary/aromatic N) is 3. The van der Waals surface area contributed by atoms with Gasteiger partial charge in [-0.1, -0.05) is 12.1 Å². The Labute approximate surface area is 123 Å². The molecule has 21 heavy (non-hydrogen) atoms. The lowest BCUT2D eigenvalue weighted by Gasteiger charge is -2.10. The third-order valence-electron chi connectivity index (χ3n) is 3.26. The summed E-state index contributed by atoms with van der Waals surface area (Å²) in [6.45, 7) is 2.50. The molecule has 0 radical (unpaired) electrons. The van der Waals surface area contributed by atoms with Crippen LogP contribution < -0.4 is 10.1 Å². The number of anilines is 1. The second-order valence-corrected chi connectivity index (χ2v) is 4.72. The Balaban J connectivity index is 1.88. The van der Waals surface area contributed by atoms with Crippen LogP contribution in [0, 0.1) is 6.92 Å². The van der Waals surface area contributed by atoms with Crippen LogP contribution in [0.1, 0.15) is 11.4 Å². The monoisotopic (exact) mass is 280 g/mol. The van der Waals surface area contributed by atoms with Crippen LogP contribution in [-0.2, 0) is 6.54 Å². The number of aryl methyl sites for hydroxylation is 1. The van der Waals surface area contributed by atoms with Crippen LogP contribution >= 0.6 is 0 Å². The molecule has 0 atom stereocenters. The van der Waals surface area contributed by atoms with E-state index >= 15 is 0 Å². The van der Waals surface area contributed by atoms with E-state index in [-0.39, 0.29) is 0 Å². The molecule has 5 nitrogen and oxygen atoms in total. The van der Waals surface area contributed by atoms with Gasteiger partial charge in [0, 0.05) is 23.2 Å². The number of hydrogen-bond donors (Lipinski definition) is 1. The molecule has 2 aromatic heterocycles. The minimum absolute atomic E-state index is 0.580. The molecule has 0 unspecified atom stereocenters. The van der Waals surface area contributed by atoms with Gasteiger partial charge in [0.25, 0.3) is 0 Å². The first-order chi connectivity index (χ1) is 10.3. The number of benzene rings is 1. The third kappa shape index (κ3) is 2.76. The van der Waals surface area contributed by atoms with Gasteiger partial charge in [-0.15, -0.1) is 0 Å². The molecule has 0 aliphatic heterocycles. The second-order valence-electron chi connectivity index (χ2n) is 4.72. The fraction of sp³-hybridized carbons (Fsp3) is 0.188. The highest BCUT2D eigenvalue weighted by atomic mass is 16.5. The van der Waals surface area contributed by atoms with Gasteiger partial charge in [0.15, 0.2) is 0 Å². The molecular weight excluding hydrogens is 264 g/mol. The first kappa shape index (κ1) is 13.3. The van der Waals surface area contributed by atoms with Crippen LogP contribution in [0.4, 0.5) is 5.82 Å². The van der Waals surface area contributed by atoms with Crippen molar-refractivity contribution in [3.63, 3.8) is 0 Å². The number of nitrogens with one attached hydrogen (secondary N) is 1. The molecule has 3 aromatic rings. The molecule has 0 fully saturated rings. The highest BCUT2D eigenvalue weighted by Gasteiger charge is 2.06. The lowest BCUT2D eigenvalue weighted by molar-refractivity contribution is 0.420. The molecule has 0 spiro atoms. The number of hydrogen-bond acceptors (Lipinski definition) is 5. The van der Waals surface area contributed by atoms with E-state index in [2.05, 4.69) is 20.3 Å². The van der Waals surface area contributed by atoms with Crippen LogP contribution in [-0.4, -0.2) is 22.1 Å². The Morgan fingerprint density at radius 1 is 1.05 bits per heavy atom. The standard InChI is InChI=1S/C16H16N4O/c1-11-8-19-12(9-18-11)10-20-16-14-4-3-5-15(21-2)13(14)6-7-17-16/h3-9H,10H2,1-2H3,(H,17,20). The van der Waals surface area contributed by atoms with E-state index in [9.17, 15) is 0 Å². The minimum Gasteiger partial charge on any atom is -0.496 e. The van der Waals surface area contributed by atoms with Crippen LogP contribution in [0.25, 0.3) is 10.8 Å². The van der Waals surface area contributed by atoms with Crippen LogP contribution in [0.5, 0.6) is 5.75 Å². The first-order valence-electron chi connectivity index (χ1n) is 6.71. The maximum Gasteiger partial charge on any atom is 0.134 e. The second kappa shape index (κ2) is 5.75. The molecule has 1 aromatic carbocycles. The molecule has 0 aliphatic carbocycles. The minimum atomic E-state index is 0.580. The Morgan fingerprint density at radius 2 is 1.95 bits per heavy atom. The number of methoxy groups -OCH3 is 1. The zero-order valence-electron chi connectivity index (χ0n) is 12.0. The SMILES string of the molecule is COc1cccc2c(NCc3cnc(C)cn3)nccc12. The van der Waals surface area contributed by atoms with Gasteiger partial charge in [0.1, 0.15) is 11.6 Å². The number of rotatable bonds is 4. The van der Waals surface area contributed by atoms with Crippen LogP contribution in [0.3, 0.4) is 0 Å². The number of fused-ring (bicyclic) bond motifs is 1. The Hall–Kier alpha value is -2.69.